The van der Waals surface area contributed by atoms with Crippen molar-refractivity contribution in [1.29, 1.82) is 0 Å². The van der Waals surface area contributed by atoms with E-state index in [0.717, 1.165) is 55.6 Å². The molecular weight excluding hydrogens is 487 g/mol. The average Bonchev–Trinajstić information content (AvgIpc) is 2.97. The molecule has 3 rings (SSSR count). The lowest BCUT2D eigenvalue weighted by Crippen LogP contribution is -2.55. The predicted octanol–water partition coefficient (Wildman–Crippen LogP) is 3.61. The summed E-state index contributed by atoms with van der Waals surface area (Å²) in [6.45, 7) is 14.4. The van der Waals surface area contributed by atoms with Gasteiger partial charge in [-0.15, -0.1) is 24.0 Å². The van der Waals surface area contributed by atoms with E-state index in [2.05, 4.69) is 52.9 Å². The molecule has 1 aromatic heterocycles. The number of hydrogen-bond acceptors (Lipinski definition) is 3. The topological polar surface area (TPSA) is 48.7 Å². The zero-order chi connectivity index (χ0) is 21.0. The van der Waals surface area contributed by atoms with Gasteiger partial charge in [0.1, 0.15) is 0 Å². The van der Waals surface area contributed by atoms with Crippen molar-refractivity contribution in [2.24, 2.45) is 23.9 Å². The Hall–Kier alpha value is -0.830. The van der Waals surface area contributed by atoms with Gasteiger partial charge >= 0.3 is 0 Å². The highest BCUT2D eigenvalue weighted by Gasteiger charge is 2.29. The standard InChI is InChI=1S/C23H42N6.HI/c1-17(2)20-7-9-21(10-8-20)28-13-15-29(16-14-28)23(24-5)25-12-11-22-18(3)26-27(6)19(22)4;/h17,20-21H,7-16H2,1-6H3,(H,24,25);1H. The normalized spacial score (nSPS) is 23.6. The molecule has 2 heterocycles. The molecule has 6 nitrogen and oxygen atoms in total. The fourth-order valence-corrected chi connectivity index (χ4v) is 5.24. The van der Waals surface area contributed by atoms with Gasteiger partial charge in [-0.25, -0.2) is 0 Å². The second kappa shape index (κ2) is 11.7. The molecule has 0 unspecified atom stereocenters. The molecule has 172 valence electrons. The molecule has 1 aromatic rings. The molecule has 0 radical (unpaired) electrons. The number of aliphatic imine (C=N–C) groups is 1. The van der Waals surface area contributed by atoms with Crippen molar-refractivity contribution in [3.8, 4) is 0 Å². The molecule has 0 aromatic carbocycles. The Morgan fingerprint density at radius 3 is 2.23 bits per heavy atom. The van der Waals surface area contributed by atoms with Crippen molar-refractivity contribution in [1.82, 2.24) is 24.9 Å². The summed E-state index contributed by atoms with van der Waals surface area (Å²) in [6.07, 6.45) is 6.60. The maximum atomic E-state index is 4.55. The summed E-state index contributed by atoms with van der Waals surface area (Å²) < 4.78 is 1.98. The van der Waals surface area contributed by atoms with Gasteiger partial charge in [0.25, 0.3) is 0 Å². The number of nitrogens with zero attached hydrogens (tertiary/aromatic N) is 5. The summed E-state index contributed by atoms with van der Waals surface area (Å²) in [5.41, 5.74) is 3.76. The summed E-state index contributed by atoms with van der Waals surface area (Å²) in [4.78, 5) is 9.72. The zero-order valence-corrected chi connectivity index (χ0v) is 22.3. The lowest BCUT2D eigenvalue weighted by molar-refractivity contribution is 0.0864. The summed E-state index contributed by atoms with van der Waals surface area (Å²) >= 11 is 0. The number of guanidine groups is 1. The Morgan fingerprint density at radius 1 is 1.10 bits per heavy atom. The summed E-state index contributed by atoms with van der Waals surface area (Å²) in [6, 6.07) is 0.804. The van der Waals surface area contributed by atoms with Crippen LogP contribution in [-0.4, -0.2) is 71.4 Å². The van der Waals surface area contributed by atoms with Gasteiger partial charge in [0.15, 0.2) is 5.96 Å². The highest BCUT2D eigenvalue weighted by atomic mass is 127. The van der Waals surface area contributed by atoms with Crippen LogP contribution in [0.15, 0.2) is 4.99 Å². The van der Waals surface area contributed by atoms with Gasteiger partial charge in [0, 0.05) is 58.6 Å². The first kappa shape index (κ1) is 25.4. The third-order valence-electron chi connectivity index (χ3n) is 7.34. The first-order valence-corrected chi connectivity index (χ1v) is 11.6. The van der Waals surface area contributed by atoms with Crippen LogP contribution in [0, 0.1) is 25.7 Å². The van der Waals surface area contributed by atoms with Crippen LogP contribution in [-0.2, 0) is 13.5 Å². The van der Waals surface area contributed by atoms with Gasteiger partial charge in [-0.1, -0.05) is 13.8 Å². The maximum Gasteiger partial charge on any atom is 0.193 e. The number of nitrogens with one attached hydrogen (secondary N) is 1. The number of piperazine rings is 1. The van der Waals surface area contributed by atoms with Crippen LogP contribution in [0.1, 0.15) is 56.5 Å². The first-order valence-electron chi connectivity index (χ1n) is 11.6. The van der Waals surface area contributed by atoms with Crippen LogP contribution in [0.5, 0.6) is 0 Å². The van der Waals surface area contributed by atoms with E-state index in [1.54, 1.807) is 0 Å². The van der Waals surface area contributed by atoms with E-state index >= 15 is 0 Å². The summed E-state index contributed by atoms with van der Waals surface area (Å²) in [7, 11) is 3.93. The maximum absolute atomic E-state index is 4.55. The number of halogens is 1. The molecule has 1 aliphatic heterocycles. The molecule has 0 bridgehead atoms. The van der Waals surface area contributed by atoms with E-state index in [1.807, 2.05) is 18.8 Å². The fourth-order valence-electron chi connectivity index (χ4n) is 5.24. The zero-order valence-electron chi connectivity index (χ0n) is 19.9. The smallest absolute Gasteiger partial charge is 0.193 e. The van der Waals surface area contributed by atoms with E-state index in [-0.39, 0.29) is 24.0 Å². The van der Waals surface area contributed by atoms with Gasteiger partial charge in [-0.3, -0.25) is 14.6 Å². The van der Waals surface area contributed by atoms with Crippen molar-refractivity contribution in [3.63, 3.8) is 0 Å². The van der Waals surface area contributed by atoms with Gasteiger partial charge in [0.2, 0.25) is 0 Å². The highest BCUT2D eigenvalue weighted by Crippen LogP contribution is 2.32. The molecule has 7 heteroatoms. The number of rotatable bonds is 5. The first-order chi connectivity index (χ1) is 13.9. The Bertz CT molecular complexity index is 682. The van der Waals surface area contributed by atoms with Crippen LogP contribution in [0.25, 0.3) is 0 Å². The van der Waals surface area contributed by atoms with Crippen LogP contribution >= 0.6 is 24.0 Å². The van der Waals surface area contributed by atoms with E-state index < -0.39 is 0 Å². The third-order valence-corrected chi connectivity index (χ3v) is 7.34. The molecule has 0 amide bonds. The van der Waals surface area contributed by atoms with Crippen LogP contribution in [0.3, 0.4) is 0 Å². The van der Waals surface area contributed by atoms with Crippen molar-refractivity contribution in [2.45, 2.75) is 65.8 Å². The minimum Gasteiger partial charge on any atom is -0.356 e. The second-order valence-electron chi connectivity index (χ2n) is 9.33. The Balaban J connectivity index is 0.00000320. The second-order valence-corrected chi connectivity index (χ2v) is 9.33. The minimum atomic E-state index is 0. The van der Waals surface area contributed by atoms with E-state index in [0.29, 0.717) is 0 Å². The third kappa shape index (κ3) is 6.11. The molecule has 0 atom stereocenters. The summed E-state index contributed by atoms with van der Waals surface area (Å²) in [5.74, 6) is 2.84. The van der Waals surface area contributed by atoms with Crippen molar-refractivity contribution in [3.05, 3.63) is 17.0 Å². The largest absolute Gasteiger partial charge is 0.356 e. The van der Waals surface area contributed by atoms with Gasteiger partial charge in [-0.2, -0.15) is 5.10 Å². The molecule has 1 saturated heterocycles. The van der Waals surface area contributed by atoms with Gasteiger partial charge in [-0.05, 0) is 63.4 Å². The lowest BCUT2D eigenvalue weighted by Gasteiger charge is -2.43. The van der Waals surface area contributed by atoms with E-state index in [9.17, 15) is 0 Å². The molecule has 1 saturated carbocycles. The fraction of sp³-hybridized carbons (Fsp3) is 0.826. The Morgan fingerprint density at radius 2 is 1.73 bits per heavy atom. The minimum absolute atomic E-state index is 0. The monoisotopic (exact) mass is 530 g/mol. The molecule has 1 N–H and O–H groups in total. The molecule has 30 heavy (non-hydrogen) atoms. The van der Waals surface area contributed by atoms with E-state index in [1.165, 1.54) is 50.0 Å². The quantitative estimate of drug-likeness (QED) is 0.359. The SMILES string of the molecule is CN=C(NCCc1c(C)nn(C)c1C)N1CCN(C2CCC(C(C)C)CC2)CC1.I. The molecule has 2 fully saturated rings. The molecule has 0 spiro atoms. The van der Waals surface area contributed by atoms with Crippen LogP contribution < -0.4 is 5.32 Å². The van der Waals surface area contributed by atoms with Crippen LogP contribution in [0.2, 0.25) is 0 Å². The number of hydrogen-bond donors (Lipinski definition) is 1. The van der Waals surface area contributed by atoms with Gasteiger partial charge < -0.3 is 10.2 Å². The lowest BCUT2D eigenvalue weighted by atomic mass is 9.79. The number of aromatic nitrogens is 2. The highest BCUT2D eigenvalue weighted by molar-refractivity contribution is 14.0. The Kier molecular flexibility index (Phi) is 9.91. The predicted molar refractivity (Wildman–Crippen MR) is 137 cm³/mol. The average molecular weight is 531 g/mol. The molecular formula is C23H43IN6. The van der Waals surface area contributed by atoms with Gasteiger partial charge in [0.05, 0.1) is 5.69 Å². The van der Waals surface area contributed by atoms with E-state index in [4.69, 9.17) is 0 Å². The Labute approximate surface area is 200 Å². The van der Waals surface area contributed by atoms with Crippen molar-refractivity contribution in [2.75, 3.05) is 39.8 Å². The van der Waals surface area contributed by atoms with Crippen molar-refractivity contribution < 1.29 is 0 Å². The molecule has 2 aliphatic rings. The summed E-state index contributed by atoms with van der Waals surface area (Å²) in [5, 5.41) is 8.11. The van der Waals surface area contributed by atoms with Crippen molar-refractivity contribution >= 4 is 29.9 Å². The molecule has 1 aliphatic carbocycles. The number of aryl methyl sites for hydroxylation is 2. The van der Waals surface area contributed by atoms with Crippen LogP contribution in [0.4, 0.5) is 0 Å².